The maximum atomic E-state index is 14.6. The zero-order chi connectivity index (χ0) is 28.9. The van der Waals surface area contributed by atoms with Crippen LogP contribution in [0.15, 0.2) is 113 Å². The van der Waals surface area contributed by atoms with Crippen molar-refractivity contribution in [2.75, 3.05) is 13.2 Å². The zero-order valence-electron chi connectivity index (χ0n) is 23.2. The second kappa shape index (κ2) is 12.5. The molecule has 0 bridgehead atoms. The summed E-state index contributed by atoms with van der Waals surface area (Å²) < 4.78 is 13.3. The molecule has 6 rings (SSSR count). The Morgan fingerprint density at radius 2 is 1.60 bits per heavy atom. The second-order valence-corrected chi connectivity index (χ2v) is 11.8. The van der Waals surface area contributed by atoms with E-state index in [-0.39, 0.29) is 18.6 Å². The molecule has 1 heterocycles. The highest BCUT2D eigenvalue weighted by atomic mass is 79.9. The number of fused-ring (bicyclic) bond motifs is 1. The Hall–Kier alpha value is -3.94. The largest absolute Gasteiger partial charge is 0.494 e. The van der Waals surface area contributed by atoms with Gasteiger partial charge in [-0.3, -0.25) is 4.79 Å². The number of hydrogen-bond acceptors (Lipinski definition) is 5. The van der Waals surface area contributed by atoms with Crippen LogP contribution in [0.2, 0.25) is 0 Å². The highest BCUT2D eigenvalue weighted by molar-refractivity contribution is 9.10. The van der Waals surface area contributed by atoms with Gasteiger partial charge in [0.1, 0.15) is 5.75 Å². The van der Waals surface area contributed by atoms with Gasteiger partial charge in [-0.15, -0.1) is 0 Å². The van der Waals surface area contributed by atoms with Crippen molar-refractivity contribution in [3.05, 3.63) is 135 Å². The van der Waals surface area contributed by atoms with Crippen molar-refractivity contribution in [3.63, 3.8) is 0 Å². The van der Waals surface area contributed by atoms with E-state index >= 15 is 0 Å². The number of ether oxygens (including phenoxy) is 2. The Labute approximate surface area is 254 Å². The summed E-state index contributed by atoms with van der Waals surface area (Å²) in [6.45, 7) is 0.517. The van der Waals surface area contributed by atoms with E-state index < -0.39 is 11.6 Å². The van der Waals surface area contributed by atoms with Crippen LogP contribution >= 0.6 is 15.9 Å². The van der Waals surface area contributed by atoms with Gasteiger partial charge < -0.3 is 19.9 Å². The summed E-state index contributed by atoms with van der Waals surface area (Å²) in [5, 5.41) is 12.4. The van der Waals surface area contributed by atoms with Crippen LogP contribution in [0.3, 0.4) is 0 Å². The fourth-order valence-corrected chi connectivity index (χ4v) is 6.06. The minimum atomic E-state index is -1.23. The third kappa shape index (κ3) is 5.98. The van der Waals surface area contributed by atoms with Crippen LogP contribution < -0.4 is 10.1 Å². The first-order valence-corrected chi connectivity index (χ1v) is 15.1. The summed E-state index contributed by atoms with van der Waals surface area (Å²) in [5.74, 6) is 0.978. The Balaban J connectivity index is 1.38. The summed E-state index contributed by atoms with van der Waals surface area (Å²) in [6, 6.07) is 33.8. The van der Waals surface area contributed by atoms with Gasteiger partial charge in [-0.25, -0.2) is 4.99 Å². The molecule has 7 heteroatoms. The topological polar surface area (TPSA) is 80.2 Å². The summed E-state index contributed by atoms with van der Waals surface area (Å²) >= 11 is 3.54. The van der Waals surface area contributed by atoms with Gasteiger partial charge in [-0.05, 0) is 71.5 Å². The van der Waals surface area contributed by atoms with Gasteiger partial charge in [0.05, 0.1) is 6.61 Å². The molecule has 2 atom stereocenters. The van der Waals surface area contributed by atoms with Crippen molar-refractivity contribution in [3.8, 4) is 5.75 Å². The molecule has 1 aliphatic carbocycles. The minimum Gasteiger partial charge on any atom is -0.494 e. The number of hydrogen-bond donors (Lipinski definition) is 2. The standard InChI is InChI=1S/C35H33BrN2O4/c36-29-15-11-25(12-16-29)32-35(23-24-7-2-1-3-8-24,34(40)37-30-21-27-9-4-5-10-28(27)22-30)38-33(42-32)26-13-17-31(18-14-26)41-20-6-19-39/h1-5,7-18,30,32,39H,6,19-23H2,(H,37,40)/t32-,35-/m1/s1. The van der Waals surface area contributed by atoms with Gasteiger partial charge in [0, 0.05) is 35.5 Å². The fourth-order valence-electron chi connectivity index (χ4n) is 5.80. The summed E-state index contributed by atoms with van der Waals surface area (Å²) in [6.07, 6.45) is 1.90. The van der Waals surface area contributed by atoms with Gasteiger partial charge in [-0.1, -0.05) is 82.7 Å². The highest BCUT2D eigenvalue weighted by Gasteiger charge is 2.53. The van der Waals surface area contributed by atoms with E-state index in [0.29, 0.717) is 31.1 Å². The first-order chi connectivity index (χ1) is 20.5. The van der Waals surface area contributed by atoms with Gasteiger partial charge in [0.25, 0.3) is 5.91 Å². The number of rotatable bonds is 10. The molecule has 6 nitrogen and oxygen atoms in total. The lowest BCUT2D eigenvalue weighted by molar-refractivity contribution is -0.129. The van der Waals surface area contributed by atoms with Crippen molar-refractivity contribution in [2.24, 2.45) is 4.99 Å². The lowest BCUT2D eigenvalue weighted by atomic mass is 9.81. The highest BCUT2D eigenvalue weighted by Crippen LogP contribution is 2.43. The van der Waals surface area contributed by atoms with Crippen molar-refractivity contribution < 1.29 is 19.4 Å². The predicted octanol–water partition coefficient (Wildman–Crippen LogP) is 5.99. The number of aliphatic hydroxyl groups is 1. The lowest BCUT2D eigenvalue weighted by Gasteiger charge is -2.32. The first kappa shape index (κ1) is 28.2. The van der Waals surface area contributed by atoms with Crippen LogP contribution in [0.5, 0.6) is 5.75 Å². The summed E-state index contributed by atoms with van der Waals surface area (Å²) in [5.41, 5.74) is 3.97. The monoisotopic (exact) mass is 624 g/mol. The molecular formula is C35H33BrN2O4. The van der Waals surface area contributed by atoms with Gasteiger partial charge in [0.15, 0.2) is 11.6 Å². The summed E-state index contributed by atoms with van der Waals surface area (Å²) in [4.78, 5) is 19.7. The molecule has 2 aliphatic rings. The molecule has 214 valence electrons. The maximum absolute atomic E-state index is 14.6. The molecule has 4 aromatic carbocycles. The van der Waals surface area contributed by atoms with Gasteiger partial charge in [0.2, 0.25) is 5.90 Å². The van der Waals surface area contributed by atoms with Gasteiger partial charge >= 0.3 is 0 Å². The van der Waals surface area contributed by atoms with Crippen LogP contribution in [0.25, 0.3) is 0 Å². The molecule has 4 aromatic rings. The van der Waals surface area contributed by atoms with E-state index in [0.717, 1.165) is 34.0 Å². The van der Waals surface area contributed by atoms with E-state index in [2.05, 4.69) is 33.4 Å². The number of nitrogens with zero attached hydrogens (tertiary/aromatic N) is 1. The van der Waals surface area contributed by atoms with Crippen LogP contribution in [-0.4, -0.2) is 41.7 Å². The Kier molecular flexibility index (Phi) is 8.40. The Bertz CT molecular complexity index is 1530. The molecule has 42 heavy (non-hydrogen) atoms. The third-order valence-electron chi connectivity index (χ3n) is 7.91. The van der Waals surface area contributed by atoms with E-state index in [4.69, 9.17) is 19.6 Å². The van der Waals surface area contributed by atoms with Crippen molar-refractivity contribution in [1.29, 1.82) is 0 Å². The van der Waals surface area contributed by atoms with E-state index in [1.54, 1.807) is 0 Å². The number of benzene rings is 4. The molecule has 0 aromatic heterocycles. The molecule has 1 aliphatic heterocycles. The van der Waals surface area contributed by atoms with E-state index in [1.165, 1.54) is 11.1 Å². The van der Waals surface area contributed by atoms with E-state index in [1.807, 2.05) is 91.0 Å². The normalized spacial score (nSPS) is 19.6. The first-order valence-electron chi connectivity index (χ1n) is 14.3. The number of carbonyl (C=O) groups excluding carboxylic acids is 1. The molecule has 0 fully saturated rings. The smallest absolute Gasteiger partial charge is 0.252 e. The maximum Gasteiger partial charge on any atom is 0.252 e. The Morgan fingerprint density at radius 3 is 2.26 bits per heavy atom. The molecule has 0 saturated heterocycles. The van der Waals surface area contributed by atoms with Crippen LogP contribution in [0, 0.1) is 0 Å². The molecular weight excluding hydrogens is 592 g/mol. The third-order valence-corrected chi connectivity index (χ3v) is 8.43. The fraction of sp³-hybridized carbons (Fsp3) is 0.257. The molecule has 0 saturated carbocycles. The SMILES string of the molecule is O=C(NC1Cc2ccccc2C1)[C@]1(Cc2ccccc2)N=C(c2ccc(OCCCO)cc2)O[C@@H]1c1ccc(Br)cc1. The number of halogens is 1. The number of aliphatic hydroxyl groups excluding tert-OH is 1. The number of amides is 1. The second-order valence-electron chi connectivity index (χ2n) is 10.9. The molecule has 0 unspecified atom stereocenters. The Morgan fingerprint density at radius 1 is 0.929 bits per heavy atom. The van der Waals surface area contributed by atoms with Crippen molar-refractivity contribution in [1.82, 2.24) is 5.32 Å². The van der Waals surface area contributed by atoms with Crippen molar-refractivity contribution >= 4 is 27.7 Å². The quantitative estimate of drug-likeness (QED) is 0.212. The number of nitrogens with one attached hydrogen (secondary N) is 1. The zero-order valence-corrected chi connectivity index (χ0v) is 24.8. The van der Waals surface area contributed by atoms with Crippen LogP contribution in [-0.2, 0) is 28.8 Å². The van der Waals surface area contributed by atoms with Crippen LogP contribution in [0.4, 0.5) is 0 Å². The van der Waals surface area contributed by atoms with Gasteiger partial charge in [-0.2, -0.15) is 0 Å². The predicted molar refractivity (Wildman–Crippen MR) is 167 cm³/mol. The average molecular weight is 626 g/mol. The molecule has 0 radical (unpaired) electrons. The number of carbonyl (C=O) groups is 1. The van der Waals surface area contributed by atoms with E-state index in [9.17, 15) is 4.79 Å². The molecule has 1 amide bonds. The average Bonchev–Trinajstić information content (AvgIpc) is 3.60. The number of aliphatic imine (C=N–C) groups is 1. The van der Waals surface area contributed by atoms with Crippen molar-refractivity contribution in [2.45, 2.75) is 43.4 Å². The van der Waals surface area contributed by atoms with Crippen LogP contribution in [0.1, 0.15) is 40.3 Å². The minimum absolute atomic E-state index is 0.0114. The molecule has 2 N–H and O–H groups in total. The summed E-state index contributed by atoms with van der Waals surface area (Å²) in [7, 11) is 0. The lowest BCUT2D eigenvalue weighted by Crippen LogP contribution is -2.53. The molecule has 0 spiro atoms.